The Morgan fingerprint density at radius 2 is 1.71 bits per heavy atom. The molecule has 1 rings (SSSR count). The zero-order valence-electron chi connectivity index (χ0n) is 10.0. The highest BCUT2D eigenvalue weighted by atomic mass is 15.2. The van der Waals surface area contributed by atoms with Gasteiger partial charge in [0.2, 0.25) is 0 Å². The molecule has 1 fully saturated rings. The van der Waals surface area contributed by atoms with Crippen molar-refractivity contribution in [2.24, 2.45) is 11.1 Å². The molecule has 0 aliphatic carbocycles. The first-order valence-electron chi connectivity index (χ1n) is 5.63. The molecule has 1 saturated heterocycles. The van der Waals surface area contributed by atoms with Crippen molar-refractivity contribution in [1.82, 2.24) is 10.2 Å². The van der Waals surface area contributed by atoms with Crippen LogP contribution in [0, 0.1) is 5.41 Å². The van der Waals surface area contributed by atoms with Crippen LogP contribution in [0.25, 0.3) is 0 Å². The smallest absolute Gasteiger partial charge is 0.0243 e. The van der Waals surface area contributed by atoms with Crippen LogP contribution in [0.5, 0.6) is 0 Å². The van der Waals surface area contributed by atoms with Gasteiger partial charge in [-0.1, -0.05) is 20.8 Å². The number of rotatable bonds is 2. The fourth-order valence-electron chi connectivity index (χ4n) is 2.04. The minimum absolute atomic E-state index is 0.199. The van der Waals surface area contributed by atoms with Crippen molar-refractivity contribution in [3.8, 4) is 0 Å². The van der Waals surface area contributed by atoms with Crippen molar-refractivity contribution in [3.05, 3.63) is 0 Å². The van der Waals surface area contributed by atoms with E-state index in [9.17, 15) is 0 Å². The molecule has 14 heavy (non-hydrogen) atoms. The molecule has 3 heteroatoms. The summed E-state index contributed by atoms with van der Waals surface area (Å²) < 4.78 is 0. The van der Waals surface area contributed by atoms with Crippen LogP contribution < -0.4 is 11.1 Å². The van der Waals surface area contributed by atoms with E-state index in [1.54, 1.807) is 0 Å². The van der Waals surface area contributed by atoms with E-state index in [1.165, 1.54) is 0 Å². The van der Waals surface area contributed by atoms with Crippen LogP contribution in [0.3, 0.4) is 0 Å². The summed E-state index contributed by atoms with van der Waals surface area (Å²) in [5.74, 6) is 0. The van der Waals surface area contributed by atoms with Crippen LogP contribution in [0.1, 0.15) is 27.7 Å². The molecule has 0 amide bonds. The molecular weight excluding hydrogens is 174 g/mol. The Labute approximate surface area is 88.0 Å². The minimum atomic E-state index is 0.199. The Hall–Kier alpha value is -0.120. The first-order chi connectivity index (χ1) is 6.43. The summed E-state index contributed by atoms with van der Waals surface area (Å²) in [5, 5.41) is 3.36. The number of piperazine rings is 1. The van der Waals surface area contributed by atoms with E-state index in [0.29, 0.717) is 6.04 Å². The van der Waals surface area contributed by atoms with Gasteiger partial charge in [0, 0.05) is 38.3 Å². The van der Waals surface area contributed by atoms with Gasteiger partial charge in [-0.2, -0.15) is 0 Å². The zero-order valence-corrected chi connectivity index (χ0v) is 10.0. The largest absolute Gasteiger partial charge is 0.326 e. The van der Waals surface area contributed by atoms with E-state index in [4.69, 9.17) is 5.73 Å². The molecule has 0 bridgehead atoms. The lowest BCUT2D eigenvalue weighted by Crippen LogP contribution is -2.56. The average Bonchev–Trinajstić information content (AvgIpc) is 2.15. The average molecular weight is 199 g/mol. The normalized spacial score (nSPS) is 24.6. The lowest BCUT2D eigenvalue weighted by atomic mass is 9.83. The molecule has 1 aliphatic heterocycles. The predicted octanol–water partition coefficient (Wildman–Crippen LogP) is 0.654. The number of hydrogen-bond donors (Lipinski definition) is 2. The van der Waals surface area contributed by atoms with E-state index in [2.05, 4.69) is 37.9 Å². The molecule has 2 unspecified atom stereocenters. The van der Waals surface area contributed by atoms with Crippen LogP contribution in [0.4, 0.5) is 0 Å². The van der Waals surface area contributed by atoms with Crippen LogP contribution in [0.15, 0.2) is 0 Å². The van der Waals surface area contributed by atoms with Gasteiger partial charge in [-0.15, -0.1) is 0 Å². The van der Waals surface area contributed by atoms with E-state index < -0.39 is 0 Å². The standard InChI is InChI=1S/C11H25N3/c1-9(10(12)11(2,3)4)14-7-5-13-6-8-14/h9-10,13H,5-8,12H2,1-4H3. The van der Waals surface area contributed by atoms with E-state index >= 15 is 0 Å². The summed E-state index contributed by atoms with van der Waals surface area (Å²) >= 11 is 0. The molecule has 1 aliphatic rings. The Bertz CT molecular complexity index is 168. The van der Waals surface area contributed by atoms with Gasteiger partial charge in [0.25, 0.3) is 0 Å². The molecule has 84 valence electrons. The maximum atomic E-state index is 6.26. The summed E-state index contributed by atoms with van der Waals surface area (Å²) in [7, 11) is 0. The monoisotopic (exact) mass is 199 g/mol. The van der Waals surface area contributed by atoms with Crippen molar-refractivity contribution >= 4 is 0 Å². The van der Waals surface area contributed by atoms with E-state index in [0.717, 1.165) is 26.2 Å². The third-order valence-corrected chi connectivity index (χ3v) is 3.25. The second-order valence-electron chi connectivity index (χ2n) is 5.42. The van der Waals surface area contributed by atoms with Gasteiger partial charge in [-0.25, -0.2) is 0 Å². The van der Waals surface area contributed by atoms with E-state index in [-0.39, 0.29) is 11.5 Å². The van der Waals surface area contributed by atoms with Crippen LogP contribution in [-0.4, -0.2) is 43.2 Å². The van der Waals surface area contributed by atoms with Crippen molar-refractivity contribution in [3.63, 3.8) is 0 Å². The molecule has 0 aromatic heterocycles. The molecule has 0 radical (unpaired) electrons. The third kappa shape index (κ3) is 2.94. The van der Waals surface area contributed by atoms with Gasteiger partial charge >= 0.3 is 0 Å². The zero-order chi connectivity index (χ0) is 10.8. The number of nitrogens with one attached hydrogen (secondary N) is 1. The molecule has 2 atom stereocenters. The lowest BCUT2D eigenvalue weighted by Gasteiger charge is -2.40. The number of nitrogens with two attached hydrogens (primary N) is 1. The highest BCUT2D eigenvalue weighted by Crippen LogP contribution is 2.22. The fraction of sp³-hybridized carbons (Fsp3) is 1.00. The van der Waals surface area contributed by atoms with Crippen LogP contribution in [-0.2, 0) is 0 Å². The molecule has 3 N–H and O–H groups in total. The molecule has 1 heterocycles. The number of nitrogens with zero attached hydrogens (tertiary/aromatic N) is 1. The first-order valence-corrected chi connectivity index (χ1v) is 5.63. The van der Waals surface area contributed by atoms with Gasteiger partial charge in [-0.3, -0.25) is 4.90 Å². The summed E-state index contributed by atoms with van der Waals surface area (Å²) in [6.45, 7) is 13.4. The first kappa shape index (κ1) is 12.0. The second kappa shape index (κ2) is 4.60. The predicted molar refractivity (Wildman–Crippen MR) is 61.3 cm³/mol. The maximum Gasteiger partial charge on any atom is 0.0243 e. The second-order valence-corrected chi connectivity index (χ2v) is 5.42. The molecular formula is C11H25N3. The minimum Gasteiger partial charge on any atom is -0.326 e. The lowest BCUT2D eigenvalue weighted by molar-refractivity contribution is 0.120. The Kier molecular flexibility index (Phi) is 3.93. The fourth-order valence-corrected chi connectivity index (χ4v) is 2.04. The highest BCUT2D eigenvalue weighted by Gasteiger charge is 2.30. The highest BCUT2D eigenvalue weighted by molar-refractivity contribution is 4.88. The van der Waals surface area contributed by atoms with Crippen molar-refractivity contribution < 1.29 is 0 Å². The summed E-state index contributed by atoms with van der Waals surface area (Å²) in [6.07, 6.45) is 0. The number of hydrogen-bond acceptors (Lipinski definition) is 3. The van der Waals surface area contributed by atoms with E-state index in [1.807, 2.05) is 0 Å². The van der Waals surface area contributed by atoms with Crippen molar-refractivity contribution in [2.75, 3.05) is 26.2 Å². The Morgan fingerprint density at radius 3 is 2.14 bits per heavy atom. The van der Waals surface area contributed by atoms with Crippen molar-refractivity contribution in [2.45, 2.75) is 39.8 Å². The topological polar surface area (TPSA) is 41.3 Å². The van der Waals surface area contributed by atoms with Gasteiger partial charge < -0.3 is 11.1 Å². The Balaban J connectivity index is 2.50. The SMILES string of the molecule is CC(C(N)C(C)(C)C)N1CCNCC1. The van der Waals surface area contributed by atoms with Crippen LogP contribution in [0.2, 0.25) is 0 Å². The van der Waals surface area contributed by atoms with Gasteiger partial charge in [0.05, 0.1) is 0 Å². The third-order valence-electron chi connectivity index (χ3n) is 3.25. The Morgan fingerprint density at radius 1 is 1.21 bits per heavy atom. The molecule has 0 spiro atoms. The maximum absolute atomic E-state index is 6.26. The summed E-state index contributed by atoms with van der Waals surface area (Å²) in [5.41, 5.74) is 6.46. The summed E-state index contributed by atoms with van der Waals surface area (Å²) in [4.78, 5) is 2.49. The molecule has 3 nitrogen and oxygen atoms in total. The van der Waals surface area contributed by atoms with Gasteiger partial charge in [0.15, 0.2) is 0 Å². The quantitative estimate of drug-likeness (QED) is 0.686. The van der Waals surface area contributed by atoms with Gasteiger partial charge in [0.1, 0.15) is 0 Å². The molecule has 0 aromatic carbocycles. The van der Waals surface area contributed by atoms with Gasteiger partial charge in [-0.05, 0) is 12.3 Å². The summed E-state index contributed by atoms with van der Waals surface area (Å²) in [6, 6.07) is 0.734. The van der Waals surface area contributed by atoms with Crippen molar-refractivity contribution in [1.29, 1.82) is 0 Å². The molecule has 0 saturated carbocycles. The van der Waals surface area contributed by atoms with Crippen LogP contribution >= 0.6 is 0 Å². The molecule has 0 aromatic rings.